The monoisotopic (exact) mass is 258 g/mol. The molecule has 0 aliphatic carbocycles. The lowest BCUT2D eigenvalue weighted by molar-refractivity contribution is 0.0946. The Morgan fingerprint density at radius 1 is 1.26 bits per heavy atom. The first kappa shape index (κ1) is 12.9. The lowest BCUT2D eigenvalue weighted by atomic mass is 10.2. The van der Waals surface area contributed by atoms with Gasteiger partial charge in [0.1, 0.15) is 11.4 Å². The fraction of sp³-hybridized carbons (Fsp3) is 0.143. The summed E-state index contributed by atoms with van der Waals surface area (Å²) in [5, 5.41) is 2.76. The number of aromatic amines is 1. The maximum atomic E-state index is 11.8. The minimum Gasteiger partial charge on any atom is -0.497 e. The summed E-state index contributed by atoms with van der Waals surface area (Å²) in [7, 11) is 1.60. The second-order valence-electron chi connectivity index (χ2n) is 3.98. The Morgan fingerprint density at radius 3 is 2.58 bits per heavy atom. The Morgan fingerprint density at radius 2 is 2.00 bits per heavy atom. The fourth-order valence-electron chi connectivity index (χ4n) is 1.63. The molecule has 0 radical (unpaired) electrons. The van der Waals surface area contributed by atoms with Gasteiger partial charge in [0.2, 0.25) is 0 Å². The van der Waals surface area contributed by atoms with Gasteiger partial charge in [0, 0.05) is 6.54 Å². The lowest BCUT2D eigenvalue weighted by Crippen LogP contribution is -2.23. The first-order valence-electron chi connectivity index (χ1n) is 5.78. The third kappa shape index (κ3) is 3.22. The first-order valence-corrected chi connectivity index (χ1v) is 5.78. The van der Waals surface area contributed by atoms with E-state index in [1.807, 2.05) is 24.3 Å². The number of aromatic nitrogens is 1. The fourth-order valence-corrected chi connectivity index (χ4v) is 1.63. The van der Waals surface area contributed by atoms with E-state index in [4.69, 9.17) is 4.74 Å². The molecule has 1 aromatic heterocycles. The van der Waals surface area contributed by atoms with E-state index in [1.165, 1.54) is 0 Å². The molecule has 19 heavy (non-hydrogen) atoms. The van der Waals surface area contributed by atoms with Crippen LogP contribution in [0.3, 0.4) is 0 Å². The number of nitrogens with one attached hydrogen (secondary N) is 2. The molecule has 0 spiro atoms. The molecule has 0 saturated heterocycles. The second-order valence-corrected chi connectivity index (χ2v) is 3.98. The van der Waals surface area contributed by atoms with E-state index in [-0.39, 0.29) is 5.91 Å². The molecule has 2 N–H and O–H groups in total. The topological polar surface area (TPSA) is 71.2 Å². The van der Waals surface area contributed by atoms with Gasteiger partial charge in [0.15, 0.2) is 6.29 Å². The van der Waals surface area contributed by atoms with Crippen LogP contribution in [0, 0.1) is 0 Å². The van der Waals surface area contributed by atoms with Gasteiger partial charge in [-0.05, 0) is 29.8 Å². The second kappa shape index (κ2) is 5.86. The normalized spacial score (nSPS) is 9.95. The summed E-state index contributed by atoms with van der Waals surface area (Å²) in [5.41, 5.74) is 1.72. The van der Waals surface area contributed by atoms with Crippen molar-refractivity contribution in [2.24, 2.45) is 0 Å². The number of hydrogen-bond acceptors (Lipinski definition) is 3. The summed E-state index contributed by atoms with van der Waals surface area (Å²) in [6.07, 6.45) is 0.667. The van der Waals surface area contributed by atoms with Gasteiger partial charge in [-0.15, -0.1) is 0 Å². The summed E-state index contributed by atoms with van der Waals surface area (Å²) in [5.74, 6) is 0.527. The Balaban J connectivity index is 1.93. The number of carbonyl (C=O) groups excluding carboxylic acids is 2. The van der Waals surface area contributed by atoms with E-state index in [2.05, 4.69) is 10.3 Å². The standard InChI is InChI=1S/C14H14N2O3/c1-19-12-5-2-10(3-6-12)8-15-14(18)13-7-4-11(9-17)16-13/h2-7,9,16H,8H2,1H3,(H,15,18). The smallest absolute Gasteiger partial charge is 0.267 e. The van der Waals surface area contributed by atoms with Gasteiger partial charge in [-0.25, -0.2) is 0 Å². The quantitative estimate of drug-likeness (QED) is 0.803. The molecule has 0 atom stereocenters. The van der Waals surface area contributed by atoms with Gasteiger partial charge in [0.25, 0.3) is 5.91 Å². The van der Waals surface area contributed by atoms with Gasteiger partial charge in [-0.2, -0.15) is 0 Å². The Hall–Kier alpha value is -2.56. The number of rotatable bonds is 5. The van der Waals surface area contributed by atoms with Gasteiger partial charge in [-0.3, -0.25) is 9.59 Å². The molecule has 2 aromatic rings. The minimum absolute atomic E-state index is 0.246. The molecule has 0 fully saturated rings. The summed E-state index contributed by atoms with van der Waals surface area (Å²) in [4.78, 5) is 25.0. The van der Waals surface area contributed by atoms with E-state index in [0.717, 1.165) is 11.3 Å². The third-order valence-electron chi connectivity index (χ3n) is 2.69. The highest BCUT2D eigenvalue weighted by Crippen LogP contribution is 2.11. The van der Waals surface area contributed by atoms with Crippen LogP contribution in [0.25, 0.3) is 0 Å². The molecule has 1 amide bonds. The number of hydrogen-bond donors (Lipinski definition) is 2. The van der Waals surface area contributed by atoms with Crippen LogP contribution in [-0.4, -0.2) is 24.3 Å². The molecule has 0 aliphatic rings. The number of H-pyrrole nitrogens is 1. The molecule has 0 unspecified atom stereocenters. The number of amides is 1. The molecule has 5 nitrogen and oxygen atoms in total. The van der Waals surface area contributed by atoms with Gasteiger partial charge in [-0.1, -0.05) is 12.1 Å². The summed E-state index contributed by atoms with van der Waals surface area (Å²) < 4.78 is 5.05. The van der Waals surface area contributed by atoms with E-state index in [1.54, 1.807) is 19.2 Å². The van der Waals surface area contributed by atoms with Crippen molar-refractivity contribution in [2.45, 2.75) is 6.54 Å². The maximum absolute atomic E-state index is 11.8. The zero-order valence-electron chi connectivity index (χ0n) is 10.5. The molecule has 0 bridgehead atoms. The van der Waals surface area contributed by atoms with Gasteiger partial charge >= 0.3 is 0 Å². The third-order valence-corrected chi connectivity index (χ3v) is 2.69. The van der Waals surface area contributed by atoms with Crippen molar-refractivity contribution in [1.82, 2.24) is 10.3 Å². The Kier molecular flexibility index (Phi) is 3.97. The predicted octanol–water partition coefficient (Wildman–Crippen LogP) is 1.77. The number of carbonyl (C=O) groups is 2. The van der Waals surface area contributed by atoms with E-state index in [9.17, 15) is 9.59 Å². The van der Waals surface area contributed by atoms with E-state index >= 15 is 0 Å². The average molecular weight is 258 g/mol. The number of benzene rings is 1. The lowest BCUT2D eigenvalue weighted by Gasteiger charge is -2.05. The average Bonchev–Trinajstić information content (AvgIpc) is 2.94. The molecular formula is C14H14N2O3. The Labute approximate surface area is 110 Å². The van der Waals surface area contributed by atoms with Crippen molar-refractivity contribution in [3.63, 3.8) is 0 Å². The van der Waals surface area contributed by atoms with Crippen LogP contribution in [0.4, 0.5) is 0 Å². The van der Waals surface area contributed by atoms with Crippen molar-refractivity contribution in [3.05, 3.63) is 53.3 Å². The molecule has 5 heteroatoms. The number of aldehydes is 1. The van der Waals surface area contributed by atoms with Crippen molar-refractivity contribution >= 4 is 12.2 Å². The summed E-state index contributed by atoms with van der Waals surface area (Å²) >= 11 is 0. The predicted molar refractivity (Wildman–Crippen MR) is 70.3 cm³/mol. The van der Waals surface area contributed by atoms with Crippen LogP contribution in [0.1, 0.15) is 26.5 Å². The number of methoxy groups -OCH3 is 1. The van der Waals surface area contributed by atoms with Crippen LogP contribution in [-0.2, 0) is 6.54 Å². The van der Waals surface area contributed by atoms with Crippen LogP contribution >= 0.6 is 0 Å². The van der Waals surface area contributed by atoms with Crippen LogP contribution < -0.4 is 10.1 Å². The Bertz CT molecular complexity index is 573. The molecule has 1 aromatic carbocycles. The van der Waals surface area contributed by atoms with Gasteiger partial charge in [0.05, 0.1) is 12.8 Å². The van der Waals surface area contributed by atoms with Crippen LogP contribution in [0.15, 0.2) is 36.4 Å². The molecule has 0 aliphatic heterocycles. The first-order chi connectivity index (χ1) is 9.22. The van der Waals surface area contributed by atoms with Crippen LogP contribution in [0.5, 0.6) is 5.75 Å². The minimum atomic E-state index is -0.246. The molecular weight excluding hydrogens is 244 g/mol. The highest BCUT2D eigenvalue weighted by atomic mass is 16.5. The zero-order chi connectivity index (χ0) is 13.7. The van der Waals surface area contributed by atoms with Crippen LogP contribution in [0.2, 0.25) is 0 Å². The largest absolute Gasteiger partial charge is 0.497 e. The SMILES string of the molecule is COc1ccc(CNC(=O)c2ccc(C=O)[nH]2)cc1. The molecule has 98 valence electrons. The summed E-state index contributed by atoms with van der Waals surface area (Å²) in [6, 6.07) is 10.6. The highest BCUT2D eigenvalue weighted by molar-refractivity contribution is 5.93. The molecule has 0 saturated carbocycles. The van der Waals surface area contributed by atoms with Crippen molar-refractivity contribution in [1.29, 1.82) is 0 Å². The summed E-state index contributed by atoms with van der Waals surface area (Å²) in [6.45, 7) is 0.415. The van der Waals surface area contributed by atoms with Crippen molar-refractivity contribution in [3.8, 4) is 5.75 Å². The van der Waals surface area contributed by atoms with Crippen molar-refractivity contribution < 1.29 is 14.3 Å². The van der Waals surface area contributed by atoms with Gasteiger partial charge < -0.3 is 15.0 Å². The molecule has 2 rings (SSSR count). The number of ether oxygens (including phenoxy) is 1. The maximum Gasteiger partial charge on any atom is 0.267 e. The zero-order valence-corrected chi connectivity index (χ0v) is 10.5. The van der Waals surface area contributed by atoms with E-state index in [0.29, 0.717) is 24.2 Å². The van der Waals surface area contributed by atoms with E-state index < -0.39 is 0 Å². The highest BCUT2D eigenvalue weighted by Gasteiger charge is 2.07. The molecule has 1 heterocycles. The van der Waals surface area contributed by atoms with Crippen molar-refractivity contribution in [2.75, 3.05) is 7.11 Å².